The molecule has 5 aromatic rings. The molecule has 2 atom stereocenters. The van der Waals surface area contributed by atoms with E-state index in [0.29, 0.717) is 64.8 Å². The number of aliphatic hydroxyl groups is 2. The lowest BCUT2D eigenvalue weighted by Crippen LogP contribution is -2.44. The van der Waals surface area contributed by atoms with Gasteiger partial charge >= 0.3 is 0 Å². The van der Waals surface area contributed by atoms with Crippen molar-refractivity contribution < 1.29 is 29.3 Å². The highest BCUT2D eigenvalue weighted by molar-refractivity contribution is 6.14. The average Bonchev–Trinajstić information content (AvgIpc) is 3.63. The first kappa shape index (κ1) is 32.8. The molecule has 0 radical (unpaired) electrons. The van der Waals surface area contributed by atoms with E-state index in [4.69, 9.17) is 14.6 Å². The Balaban J connectivity index is 1.13. The smallest absolute Gasteiger partial charge is 0.266 e. The number of ether oxygens (including phenoxy) is 2. The third-order valence-electron chi connectivity index (χ3n) is 9.22. The van der Waals surface area contributed by atoms with Gasteiger partial charge < -0.3 is 24.6 Å². The van der Waals surface area contributed by atoms with Gasteiger partial charge in [-0.15, -0.1) is 5.10 Å². The van der Waals surface area contributed by atoms with Crippen molar-refractivity contribution in [2.45, 2.75) is 38.5 Å². The summed E-state index contributed by atoms with van der Waals surface area (Å²) >= 11 is 0. The number of amides is 2. The number of carbonyl (C=O) groups excluding carboxylic acids is 2. The minimum atomic E-state index is -1.82. The van der Waals surface area contributed by atoms with Crippen LogP contribution in [0.4, 0.5) is 17.1 Å². The number of carbonyl (C=O) groups is 2. The van der Waals surface area contributed by atoms with Crippen molar-refractivity contribution in [1.82, 2.24) is 15.0 Å². The molecule has 2 amide bonds. The Hall–Kier alpha value is -5.78. The highest BCUT2D eigenvalue weighted by atomic mass is 16.5. The van der Waals surface area contributed by atoms with Gasteiger partial charge in [-0.05, 0) is 66.6 Å². The van der Waals surface area contributed by atoms with Crippen LogP contribution in [-0.4, -0.2) is 50.7 Å². The highest BCUT2D eigenvalue weighted by Gasteiger charge is 2.52. The fraction of sp³-hybridized carbons (Fsp3) is 0.231. The van der Waals surface area contributed by atoms with E-state index < -0.39 is 17.4 Å². The number of hydrogen-bond donors (Lipinski definition) is 2. The summed E-state index contributed by atoms with van der Waals surface area (Å²) in [6.07, 6.45) is 6.63. The zero-order chi connectivity index (χ0) is 34.8. The number of hydrogen-bond acceptors (Lipinski definition) is 8. The minimum Gasteiger partial charge on any atom is -0.497 e. The van der Waals surface area contributed by atoms with Crippen molar-refractivity contribution in [2.24, 2.45) is 5.92 Å². The normalized spacial score (nSPS) is 17.3. The van der Waals surface area contributed by atoms with Crippen LogP contribution in [0.1, 0.15) is 40.5 Å². The molecule has 0 aliphatic carbocycles. The van der Waals surface area contributed by atoms with Crippen molar-refractivity contribution in [3.63, 3.8) is 0 Å². The van der Waals surface area contributed by atoms with E-state index in [1.54, 1.807) is 58.1 Å². The molecule has 0 fully saturated rings. The van der Waals surface area contributed by atoms with E-state index in [9.17, 15) is 14.7 Å². The molecule has 11 nitrogen and oxygen atoms in total. The summed E-state index contributed by atoms with van der Waals surface area (Å²) in [7, 11) is 1.55. The van der Waals surface area contributed by atoms with Crippen molar-refractivity contribution in [3.05, 3.63) is 132 Å². The third-order valence-corrected chi connectivity index (χ3v) is 9.22. The average molecular weight is 672 g/mol. The number of methoxy groups -OCH3 is 1. The van der Waals surface area contributed by atoms with Crippen LogP contribution in [0.15, 0.2) is 109 Å². The molecule has 0 unspecified atom stereocenters. The summed E-state index contributed by atoms with van der Waals surface area (Å²) in [6.45, 7) is 2.60. The van der Waals surface area contributed by atoms with Crippen molar-refractivity contribution >= 4 is 28.9 Å². The van der Waals surface area contributed by atoms with Gasteiger partial charge in [-0.3, -0.25) is 19.2 Å². The molecule has 254 valence electrons. The van der Waals surface area contributed by atoms with Gasteiger partial charge in [0.2, 0.25) is 0 Å². The van der Waals surface area contributed by atoms with Gasteiger partial charge in [-0.25, -0.2) is 0 Å². The highest BCUT2D eigenvalue weighted by Crippen LogP contribution is 2.47. The van der Waals surface area contributed by atoms with Gasteiger partial charge in [-0.2, -0.15) is 0 Å². The van der Waals surface area contributed by atoms with E-state index in [2.05, 4.69) is 10.3 Å². The molecular weight excluding hydrogens is 634 g/mol. The summed E-state index contributed by atoms with van der Waals surface area (Å²) in [6, 6.07) is 27.4. The van der Waals surface area contributed by atoms with Crippen LogP contribution in [-0.2, 0) is 29.9 Å². The Bertz CT molecular complexity index is 2080. The zero-order valence-electron chi connectivity index (χ0n) is 27.8. The molecule has 2 N–H and O–H groups in total. The number of benzene rings is 4. The largest absolute Gasteiger partial charge is 0.497 e. The van der Waals surface area contributed by atoms with Crippen LogP contribution in [0.25, 0.3) is 0 Å². The van der Waals surface area contributed by atoms with Gasteiger partial charge in [0.15, 0.2) is 11.4 Å². The molecule has 1 aromatic heterocycles. The second-order valence-electron chi connectivity index (χ2n) is 12.4. The first-order valence-electron chi connectivity index (χ1n) is 16.5. The predicted octanol–water partition coefficient (Wildman–Crippen LogP) is 5.92. The standard InChI is InChI=1S/C39H37N5O6/c1-26(9-7-8-21-42-25-28(20-22-45)40-41-42)39(48)32-23-30(49-2)18-19-33(32)43(38(39)47)24-27-14-16-29(17-15-27)44-34-11-4-6-13-36(34)50-35-12-5-3-10-31(35)37(44)46/h3-7,9-19,23,25-26,45,48H,8,20-22,24H2,1-2H3/b9-7+/t26-,39+/m1/s1. The van der Waals surface area contributed by atoms with Crippen LogP contribution in [0.3, 0.4) is 0 Å². The lowest BCUT2D eigenvalue weighted by atomic mass is 9.83. The van der Waals surface area contributed by atoms with Gasteiger partial charge in [0.25, 0.3) is 11.8 Å². The van der Waals surface area contributed by atoms with E-state index in [1.165, 1.54) is 0 Å². The fourth-order valence-electron chi connectivity index (χ4n) is 6.53. The second kappa shape index (κ2) is 13.6. The molecule has 0 bridgehead atoms. The first-order valence-corrected chi connectivity index (χ1v) is 16.5. The number of aliphatic hydroxyl groups excluding tert-OH is 1. The van der Waals surface area contributed by atoms with E-state index in [1.807, 2.05) is 79.7 Å². The van der Waals surface area contributed by atoms with E-state index >= 15 is 0 Å². The number of aryl methyl sites for hydroxylation is 1. The van der Waals surface area contributed by atoms with Crippen LogP contribution in [0.2, 0.25) is 0 Å². The van der Waals surface area contributed by atoms with Crippen molar-refractivity contribution in [3.8, 4) is 17.2 Å². The number of allylic oxidation sites excluding steroid dienone is 1. The Kier molecular flexibility index (Phi) is 8.92. The number of fused-ring (bicyclic) bond motifs is 3. The van der Waals surface area contributed by atoms with Gasteiger partial charge in [-0.1, -0.05) is 60.7 Å². The summed E-state index contributed by atoms with van der Waals surface area (Å²) in [4.78, 5) is 31.3. The predicted molar refractivity (Wildman–Crippen MR) is 188 cm³/mol. The third kappa shape index (κ3) is 5.90. The summed E-state index contributed by atoms with van der Waals surface area (Å²) in [5.74, 6) is 0.389. The van der Waals surface area contributed by atoms with Crippen LogP contribution in [0, 0.1) is 5.92 Å². The maximum absolute atomic E-state index is 14.2. The van der Waals surface area contributed by atoms with Crippen LogP contribution >= 0.6 is 0 Å². The maximum atomic E-state index is 14.2. The van der Waals surface area contributed by atoms with Crippen LogP contribution < -0.4 is 19.3 Å². The monoisotopic (exact) mass is 671 g/mol. The molecule has 2 aliphatic rings. The van der Waals surface area contributed by atoms with E-state index in [0.717, 1.165) is 11.3 Å². The molecule has 0 saturated heterocycles. The molecule has 7 rings (SSSR count). The molecule has 4 aromatic carbocycles. The lowest BCUT2D eigenvalue weighted by Gasteiger charge is -2.28. The quantitative estimate of drug-likeness (QED) is 0.166. The Morgan fingerprint density at radius 2 is 1.72 bits per heavy atom. The number of rotatable bonds is 11. The molecular formula is C39H37N5O6. The molecule has 0 saturated carbocycles. The SMILES string of the molecule is COc1ccc2c(c1)[C@@](O)([C@H](C)/C=C/CCn1cc(CCO)nn1)C(=O)N2Cc1ccc(N2C(=O)c3ccccc3Oc3ccccc32)cc1. The minimum absolute atomic E-state index is 0.0111. The van der Waals surface area contributed by atoms with Gasteiger partial charge in [0.1, 0.15) is 11.5 Å². The lowest BCUT2D eigenvalue weighted by molar-refractivity contribution is -0.139. The number of aromatic nitrogens is 3. The zero-order valence-corrected chi connectivity index (χ0v) is 27.8. The Labute approximate surface area is 289 Å². The molecule has 11 heteroatoms. The summed E-state index contributed by atoms with van der Waals surface area (Å²) in [5, 5.41) is 29.4. The van der Waals surface area contributed by atoms with Crippen molar-refractivity contribution in [2.75, 3.05) is 23.5 Å². The molecule has 0 spiro atoms. The first-order chi connectivity index (χ1) is 24.3. The molecule has 3 heterocycles. The number of anilines is 3. The van der Waals surface area contributed by atoms with Crippen molar-refractivity contribution in [1.29, 1.82) is 0 Å². The Morgan fingerprint density at radius 1 is 0.960 bits per heavy atom. The van der Waals surface area contributed by atoms with E-state index in [-0.39, 0.29) is 19.1 Å². The number of para-hydroxylation sites is 3. The summed E-state index contributed by atoms with van der Waals surface area (Å²) < 4.78 is 13.3. The molecule has 2 aliphatic heterocycles. The fourth-order valence-corrected chi connectivity index (χ4v) is 6.53. The number of nitrogens with zero attached hydrogens (tertiary/aromatic N) is 5. The Morgan fingerprint density at radius 3 is 2.50 bits per heavy atom. The topological polar surface area (TPSA) is 130 Å². The summed E-state index contributed by atoms with van der Waals surface area (Å²) in [5.41, 5.74) is 2.52. The second-order valence-corrected chi connectivity index (χ2v) is 12.4. The van der Waals surface area contributed by atoms with Crippen LogP contribution in [0.5, 0.6) is 17.2 Å². The maximum Gasteiger partial charge on any atom is 0.266 e. The van der Waals surface area contributed by atoms with Gasteiger partial charge in [0, 0.05) is 42.9 Å². The van der Waals surface area contributed by atoms with Gasteiger partial charge in [0.05, 0.1) is 36.3 Å². The molecule has 50 heavy (non-hydrogen) atoms.